The van der Waals surface area contributed by atoms with Crippen LogP contribution in [0.5, 0.6) is 0 Å². The van der Waals surface area contributed by atoms with E-state index in [0.29, 0.717) is 5.56 Å². The molecule has 0 radical (unpaired) electrons. The first-order valence-corrected chi connectivity index (χ1v) is 3.88. The van der Waals surface area contributed by atoms with Gasteiger partial charge < -0.3 is 5.73 Å². The first-order valence-electron chi connectivity index (χ1n) is 3.88. The average Bonchev–Trinajstić information content (AvgIpc) is 2.13. The molecular formula is C9H13F2N. The number of hydrogen-bond donors (Lipinski definition) is 1. The molecule has 0 bridgehead atoms. The third kappa shape index (κ3) is 2.96. The molecule has 1 aromatic rings. The lowest BCUT2D eigenvalue weighted by atomic mass is 10.2. The van der Waals surface area contributed by atoms with E-state index in [1.54, 1.807) is 0 Å². The highest BCUT2D eigenvalue weighted by atomic mass is 19.2. The second-order valence-corrected chi connectivity index (χ2v) is 1.95. The fraction of sp³-hybridized carbons (Fsp3) is 0.333. The molecule has 0 aliphatic carbocycles. The molecule has 0 spiro atoms. The Labute approximate surface area is 71.2 Å². The summed E-state index contributed by atoms with van der Waals surface area (Å²) < 4.78 is 24.6. The molecule has 0 amide bonds. The van der Waals surface area contributed by atoms with Crippen molar-refractivity contribution in [2.45, 2.75) is 20.4 Å². The Kier molecular flexibility index (Phi) is 5.21. The van der Waals surface area contributed by atoms with Crippen molar-refractivity contribution in [3.05, 3.63) is 35.4 Å². The summed E-state index contributed by atoms with van der Waals surface area (Å²) in [4.78, 5) is 0. The molecule has 0 aromatic heterocycles. The second kappa shape index (κ2) is 5.66. The van der Waals surface area contributed by atoms with Crippen molar-refractivity contribution in [1.29, 1.82) is 0 Å². The summed E-state index contributed by atoms with van der Waals surface area (Å²) in [5.41, 5.74) is 5.78. The van der Waals surface area contributed by atoms with Crippen LogP contribution in [0.2, 0.25) is 0 Å². The van der Waals surface area contributed by atoms with Gasteiger partial charge in [0.25, 0.3) is 0 Å². The zero-order valence-corrected chi connectivity index (χ0v) is 7.27. The van der Waals surface area contributed by atoms with Gasteiger partial charge in [-0.1, -0.05) is 19.9 Å². The third-order valence-electron chi connectivity index (χ3n) is 1.22. The van der Waals surface area contributed by atoms with Gasteiger partial charge in [0.05, 0.1) is 0 Å². The molecule has 0 heterocycles. The van der Waals surface area contributed by atoms with Crippen molar-refractivity contribution in [2.24, 2.45) is 5.73 Å². The van der Waals surface area contributed by atoms with Crippen LogP contribution < -0.4 is 5.73 Å². The van der Waals surface area contributed by atoms with E-state index in [4.69, 9.17) is 5.73 Å². The molecule has 0 atom stereocenters. The lowest BCUT2D eigenvalue weighted by Crippen LogP contribution is -1.97. The molecule has 0 unspecified atom stereocenters. The maximum absolute atomic E-state index is 12.3. The minimum atomic E-state index is -0.844. The van der Waals surface area contributed by atoms with E-state index >= 15 is 0 Å². The van der Waals surface area contributed by atoms with E-state index < -0.39 is 11.6 Å². The van der Waals surface area contributed by atoms with Crippen LogP contribution in [0.15, 0.2) is 18.2 Å². The number of rotatable bonds is 1. The lowest BCUT2D eigenvalue weighted by molar-refractivity contribution is 0.507. The predicted octanol–water partition coefficient (Wildman–Crippen LogP) is 2.45. The summed E-state index contributed by atoms with van der Waals surface area (Å²) in [5.74, 6) is -1.68. The lowest BCUT2D eigenvalue weighted by Gasteiger charge is -1.95. The Bertz CT molecular complexity index is 236. The van der Waals surface area contributed by atoms with Crippen LogP contribution in [-0.4, -0.2) is 0 Å². The Morgan fingerprint density at radius 3 is 2.17 bits per heavy atom. The van der Waals surface area contributed by atoms with Gasteiger partial charge in [-0.25, -0.2) is 8.78 Å². The minimum Gasteiger partial charge on any atom is -0.326 e. The molecule has 12 heavy (non-hydrogen) atoms. The largest absolute Gasteiger partial charge is 0.326 e. The van der Waals surface area contributed by atoms with Crippen LogP contribution in [0, 0.1) is 11.6 Å². The maximum Gasteiger partial charge on any atom is 0.159 e. The summed E-state index contributed by atoms with van der Waals surface area (Å²) >= 11 is 0. The maximum atomic E-state index is 12.3. The van der Waals surface area contributed by atoms with Gasteiger partial charge in [-0.05, 0) is 17.7 Å². The van der Waals surface area contributed by atoms with Crippen LogP contribution in [-0.2, 0) is 6.54 Å². The molecule has 2 N–H and O–H groups in total. The normalized spacial score (nSPS) is 8.75. The Hall–Kier alpha value is -0.960. The van der Waals surface area contributed by atoms with Gasteiger partial charge in [0, 0.05) is 6.54 Å². The number of benzene rings is 1. The number of hydrogen-bond acceptors (Lipinski definition) is 1. The standard InChI is InChI=1S/C7H7F2N.C2H6/c8-6-2-1-5(4-10)3-7(6)9;1-2/h1-3H,4,10H2;1-2H3. The van der Waals surface area contributed by atoms with Gasteiger partial charge in [-0.3, -0.25) is 0 Å². The summed E-state index contributed by atoms with van der Waals surface area (Å²) in [7, 11) is 0. The van der Waals surface area contributed by atoms with E-state index in [-0.39, 0.29) is 6.54 Å². The molecule has 0 fully saturated rings. The van der Waals surface area contributed by atoms with Crippen molar-refractivity contribution >= 4 is 0 Å². The van der Waals surface area contributed by atoms with E-state index in [0.717, 1.165) is 12.1 Å². The van der Waals surface area contributed by atoms with Crippen molar-refractivity contribution in [3.8, 4) is 0 Å². The first-order chi connectivity index (χ1) is 5.74. The molecule has 0 aliphatic heterocycles. The Morgan fingerprint density at radius 2 is 1.75 bits per heavy atom. The van der Waals surface area contributed by atoms with Crippen LogP contribution in [0.4, 0.5) is 8.78 Å². The first kappa shape index (κ1) is 11.0. The summed E-state index contributed by atoms with van der Waals surface area (Å²) in [6.07, 6.45) is 0. The predicted molar refractivity (Wildman–Crippen MR) is 45.6 cm³/mol. The van der Waals surface area contributed by atoms with Crippen LogP contribution in [0.3, 0.4) is 0 Å². The topological polar surface area (TPSA) is 26.0 Å². The van der Waals surface area contributed by atoms with Crippen molar-refractivity contribution in [2.75, 3.05) is 0 Å². The van der Waals surface area contributed by atoms with Gasteiger partial charge in [-0.2, -0.15) is 0 Å². The zero-order valence-electron chi connectivity index (χ0n) is 7.27. The fourth-order valence-electron chi connectivity index (χ4n) is 0.667. The molecule has 0 aliphatic rings. The fourth-order valence-corrected chi connectivity index (χ4v) is 0.667. The Morgan fingerprint density at radius 1 is 1.17 bits per heavy atom. The van der Waals surface area contributed by atoms with Crippen molar-refractivity contribution in [3.63, 3.8) is 0 Å². The van der Waals surface area contributed by atoms with Crippen molar-refractivity contribution < 1.29 is 8.78 Å². The monoisotopic (exact) mass is 173 g/mol. The highest BCUT2D eigenvalue weighted by molar-refractivity contribution is 5.17. The molecule has 1 nitrogen and oxygen atoms in total. The van der Waals surface area contributed by atoms with Crippen LogP contribution >= 0.6 is 0 Å². The second-order valence-electron chi connectivity index (χ2n) is 1.95. The summed E-state index contributed by atoms with van der Waals surface area (Å²) in [6, 6.07) is 3.62. The third-order valence-corrected chi connectivity index (χ3v) is 1.22. The quantitative estimate of drug-likeness (QED) is 0.693. The Balaban J connectivity index is 0.000000561. The van der Waals surface area contributed by atoms with Gasteiger partial charge in [-0.15, -0.1) is 0 Å². The van der Waals surface area contributed by atoms with E-state index in [1.807, 2.05) is 13.8 Å². The highest BCUT2D eigenvalue weighted by Crippen LogP contribution is 2.07. The molecule has 0 saturated carbocycles. The van der Waals surface area contributed by atoms with Gasteiger partial charge in [0.15, 0.2) is 11.6 Å². The van der Waals surface area contributed by atoms with E-state index in [9.17, 15) is 8.78 Å². The van der Waals surface area contributed by atoms with Crippen LogP contribution in [0.25, 0.3) is 0 Å². The molecular weight excluding hydrogens is 160 g/mol. The molecule has 68 valence electrons. The number of nitrogens with two attached hydrogens (primary N) is 1. The van der Waals surface area contributed by atoms with Gasteiger partial charge in [0.2, 0.25) is 0 Å². The minimum absolute atomic E-state index is 0.233. The molecule has 1 rings (SSSR count). The van der Waals surface area contributed by atoms with Crippen LogP contribution in [0.1, 0.15) is 19.4 Å². The van der Waals surface area contributed by atoms with E-state index in [1.165, 1.54) is 6.07 Å². The van der Waals surface area contributed by atoms with Crippen molar-refractivity contribution in [1.82, 2.24) is 0 Å². The number of halogens is 2. The van der Waals surface area contributed by atoms with Gasteiger partial charge >= 0.3 is 0 Å². The summed E-state index contributed by atoms with van der Waals surface area (Å²) in [6.45, 7) is 4.23. The highest BCUT2D eigenvalue weighted by Gasteiger charge is 1.99. The van der Waals surface area contributed by atoms with Gasteiger partial charge in [0.1, 0.15) is 0 Å². The molecule has 1 aromatic carbocycles. The molecule has 0 saturated heterocycles. The molecule has 3 heteroatoms. The SMILES string of the molecule is CC.NCc1ccc(F)c(F)c1. The smallest absolute Gasteiger partial charge is 0.159 e. The average molecular weight is 173 g/mol. The summed E-state index contributed by atoms with van der Waals surface area (Å²) in [5, 5.41) is 0. The van der Waals surface area contributed by atoms with E-state index in [2.05, 4.69) is 0 Å². The zero-order chi connectivity index (χ0) is 9.56.